The summed E-state index contributed by atoms with van der Waals surface area (Å²) in [5.74, 6) is -0.879. The van der Waals surface area contributed by atoms with Crippen molar-refractivity contribution in [1.82, 2.24) is 4.57 Å². The van der Waals surface area contributed by atoms with Gasteiger partial charge < -0.3 is 14.4 Å². The van der Waals surface area contributed by atoms with E-state index in [0.29, 0.717) is 0 Å². The molecule has 1 N–H and O–H groups in total. The second kappa shape index (κ2) is 3.38. The molecule has 1 aliphatic rings. The van der Waals surface area contributed by atoms with Crippen LogP contribution >= 0.6 is 0 Å². The summed E-state index contributed by atoms with van der Waals surface area (Å²) in [6.07, 6.45) is 2.97. The van der Waals surface area contributed by atoms with E-state index in [1.54, 1.807) is 0 Å². The molecule has 1 aromatic heterocycles. The van der Waals surface area contributed by atoms with Gasteiger partial charge in [-0.15, -0.1) is 0 Å². The molecule has 2 rings (SSSR count). The highest BCUT2D eigenvalue weighted by Crippen LogP contribution is 2.51. The monoisotopic (exact) mass is 209 g/mol. The summed E-state index contributed by atoms with van der Waals surface area (Å²) in [7, 11) is 3.39. The van der Waals surface area contributed by atoms with Crippen molar-refractivity contribution in [1.29, 1.82) is 0 Å². The van der Waals surface area contributed by atoms with Crippen molar-refractivity contribution in [3.63, 3.8) is 0 Å². The van der Waals surface area contributed by atoms with Crippen LogP contribution in [0.4, 0.5) is 0 Å². The number of ether oxygens (including phenoxy) is 1. The van der Waals surface area contributed by atoms with E-state index in [1.807, 2.05) is 29.9 Å². The van der Waals surface area contributed by atoms with Gasteiger partial charge in [-0.2, -0.15) is 0 Å². The molecule has 1 heterocycles. The van der Waals surface area contributed by atoms with E-state index in [4.69, 9.17) is 9.84 Å². The number of aryl methyl sites for hydroxylation is 1. The number of carbonyl (C=O) groups is 1. The summed E-state index contributed by atoms with van der Waals surface area (Å²) in [4.78, 5) is 11.1. The van der Waals surface area contributed by atoms with E-state index >= 15 is 0 Å². The Hall–Kier alpha value is -1.29. The fourth-order valence-electron chi connectivity index (χ4n) is 2.33. The van der Waals surface area contributed by atoms with Crippen LogP contribution in [0.3, 0.4) is 0 Å². The lowest BCUT2D eigenvalue weighted by Gasteiger charge is -2.22. The molecule has 15 heavy (non-hydrogen) atoms. The maximum absolute atomic E-state index is 11.1. The largest absolute Gasteiger partial charge is 0.479 e. The van der Waals surface area contributed by atoms with Crippen molar-refractivity contribution in [2.45, 2.75) is 24.4 Å². The summed E-state index contributed by atoms with van der Waals surface area (Å²) < 4.78 is 7.08. The number of hydrogen-bond acceptors (Lipinski definition) is 2. The first kappa shape index (κ1) is 10.2. The number of nitrogens with zero attached hydrogens (tertiary/aromatic N) is 1. The molecule has 0 radical (unpaired) electrons. The molecule has 1 saturated carbocycles. The zero-order chi connectivity index (χ0) is 11.1. The highest BCUT2D eigenvalue weighted by atomic mass is 16.5. The standard InChI is InChI=1S/C11H15NO3/c1-12-7-3-4-8(12)11(5-6-11)9(15-2)10(13)14/h3-4,7,9H,5-6H2,1-2H3,(H,13,14). The Bertz CT molecular complexity index is 379. The average molecular weight is 209 g/mol. The van der Waals surface area contributed by atoms with Crippen molar-refractivity contribution in [3.05, 3.63) is 24.0 Å². The van der Waals surface area contributed by atoms with Crippen molar-refractivity contribution < 1.29 is 14.6 Å². The summed E-state index contributed by atoms with van der Waals surface area (Å²) in [5.41, 5.74) is 0.746. The Morgan fingerprint density at radius 3 is 2.67 bits per heavy atom. The van der Waals surface area contributed by atoms with Gasteiger partial charge in [0.15, 0.2) is 6.10 Å². The van der Waals surface area contributed by atoms with Gasteiger partial charge in [0.25, 0.3) is 0 Å². The summed E-state index contributed by atoms with van der Waals surface area (Å²) >= 11 is 0. The maximum atomic E-state index is 11.1. The molecular weight excluding hydrogens is 194 g/mol. The van der Waals surface area contributed by atoms with Crippen LogP contribution < -0.4 is 0 Å². The van der Waals surface area contributed by atoms with Gasteiger partial charge in [-0.25, -0.2) is 4.79 Å². The molecule has 82 valence electrons. The van der Waals surface area contributed by atoms with E-state index in [9.17, 15) is 4.79 Å². The lowest BCUT2D eigenvalue weighted by Crippen LogP contribution is -2.36. The quantitative estimate of drug-likeness (QED) is 0.809. The first-order chi connectivity index (χ1) is 7.12. The van der Waals surface area contributed by atoms with Crippen LogP contribution in [0.2, 0.25) is 0 Å². The fraction of sp³-hybridized carbons (Fsp3) is 0.545. The smallest absolute Gasteiger partial charge is 0.333 e. The lowest BCUT2D eigenvalue weighted by atomic mass is 9.95. The Morgan fingerprint density at radius 1 is 1.67 bits per heavy atom. The molecule has 0 spiro atoms. The molecule has 0 bridgehead atoms. The van der Waals surface area contributed by atoms with Gasteiger partial charge in [-0.3, -0.25) is 0 Å². The number of aliphatic carboxylic acids is 1. The van der Waals surface area contributed by atoms with Gasteiger partial charge in [0.05, 0.1) is 0 Å². The molecule has 4 heteroatoms. The molecule has 1 unspecified atom stereocenters. The first-order valence-corrected chi connectivity index (χ1v) is 4.99. The van der Waals surface area contributed by atoms with Crippen molar-refractivity contribution in [2.75, 3.05) is 7.11 Å². The van der Waals surface area contributed by atoms with Gasteiger partial charge in [-0.05, 0) is 25.0 Å². The molecule has 1 aliphatic carbocycles. The number of methoxy groups -OCH3 is 1. The normalized spacial score (nSPS) is 19.9. The molecule has 0 saturated heterocycles. The SMILES string of the molecule is COC(C(=O)O)C1(c2cccn2C)CC1. The Kier molecular flexibility index (Phi) is 2.31. The molecule has 1 fully saturated rings. The predicted octanol–water partition coefficient (Wildman–Crippen LogP) is 1.16. The predicted molar refractivity (Wildman–Crippen MR) is 54.8 cm³/mol. The van der Waals surface area contributed by atoms with Crippen molar-refractivity contribution >= 4 is 5.97 Å². The highest BCUT2D eigenvalue weighted by molar-refractivity contribution is 5.75. The molecule has 0 aromatic carbocycles. The van der Waals surface area contributed by atoms with Crippen LogP contribution in [0.1, 0.15) is 18.5 Å². The summed E-state index contributed by atoms with van der Waals surface area (Å²) in [6.45, 7) is 0. The van der Waals surface area contributed by atoms with Crippen LogP contribution in [-0.2, 0) is 22.0 Å². The minimum Gasteiger partial charge on any atom is -0.479 e. The number of rotatable bonds is 4. The van der Waals surface area contributed by atoms with E-state index < -0.39 is 12.1 Å². The minimum atomic E-state index is -0.879. The van der Waals surface area contributed by atoms with E-state index in [0.717, 1.165) is 18.5 Å². The van der Waals surface area contributed by atoms with Gasteiger partial charge in [0.1, 0.15) is 0 Å². The van der Waals surface area contributed by atoms with Gasteiger partial charge in [-0.1, -0.05) is 0 Å². The van der Waals surface area contributed by atoms with E-state index in [1.165, 1.54) is 7.11 Å². The maximum Gasteiger partial charge on any atom is 0.333 e. The second-order valence-electron chi connectivity index (χ2n) is 4.11. The van der Waals surface area contributed by atoms with Crippen LogP contribution in [-0.4, -0.2) is 28.9 Å². The lowest BCUT2D eigenvalue weighted by molar-refractivity contribution is -0.150. The third-order valence-corrected chi connectivity index (χ3v) is 3.20. The minimum absolute atomic E-state index is 0.307. The molecule has 1 atom stereocenters. The number of carboxylic acid groups (broad SMARTS) is 1. The van der Waals surface area contributed by atoms with Gasteiger partial charge in [0.2, 0.25) is 0 Å². The summed E-state index contributed by atoms with van der Waals surface area (Å²) in [5, 5.41) is 9.10. The van der Waals surface area contributed by atoms with Crippen molar-refractivity contribution in [2.24, 2.45) is 7.05 Å². The molecule has 4 nitrogen and oxygen atoms in total. The van der Waals surface area contributed by atoms with E-state index in [-0.39, 0.29) is 5.41 Å². The third-order valence-electron chi connectivity index (χ3n) is 3.20. The first-order valence-electron chi connectivity index (χ1n) is 4.99. The highest BCUT2D eigenvalue weighted by Gasteiger charge is 2.55. The zero-order valence-electron chi connectivity index (χ0n) is 8.93. The third kappa shape index (κ3) is 1.45. The number of carboxylic acids is 1. The zero-order valence-corrected chi connectivity index (χ0v) is 8.93. The van der Waals surface area contributed by atoms with Crippen LogP contribution in [0.5, 0.6) is 0 Å². The van der Waals surface area contributed by atoms with Crippen molar-refractivity contribution in [3.8, 4) is 0 Å². The molecule has 1 aromatic rings. The van der Waals surface area contributed by atoms with Crippen LogP contribution in [0.15, 0.2) is 18.3 Å². The topological polar surface area (TPSA) is 51.5 Å². The fourth-order valence-corrected chi connectivity index (χ4v) is 2.33. The summed E-state index contributed by atoms with van der Waals surface area (Å²) in [6, 6.07) is 3.91. The number of hydrogen-bond donors (Lipinski definition) is 1. The Labute approximate surface area is 88.5 Å². The van der Waals surface area contributed by atoms with Crippen LogP contribution in [0.25, 0.3) is 0 Å². The second-order valence-corrected chi connectivity index (χ2v) is 4.11. The van der Waals surface area contributed by atoms with E-state index in [2.05, 4.69) is 0 Å². The van der Waals surface area contributed by atoms with Gasteiger partial charge >= 0.3 is 5.97 Å². The average Bonchev–Trinajstić information content (AvgIpc) is 2.83. The number of aromatic nitrogens is 1. The molecule has 0 aliphatic heterocycles. The van der Waals surface area contributed by atoms with Gasteiger partial charge in [0, 0.05) is 31.5 Å². The van der Waals surface area contributed by atoms with Crippen LogP contribution in [0, 0.1) is 0 Å². The Balaban J connectivity index is 2.35. The molecular formula is C11H15NO3. The Morgan fingerprint density at radius 2 is 2.33 bits per heavy atom. The molecule has 0 amide bonds.